The highest BCUT2D eigenvalue weighted by atomic mass is 79.9. The molecule has 2 rings (SSSR count). The van der Waals surface area contributed by atoms with Gasteiger partial charge in [0.25, 0.3) is 5.91 Å². The Morgan fingerprint density at radius 2 is 1.54 bits per heavy atom. The van der Waals surface area contributed by atoms with Crippen molar-refractivity contribution in [3.8, 4) is 5.75 Å². The number of benzene rings is 2. The summed E-state index contributed by atoms with van der Waals surface area (Å²) in [5, 5.41) is 5.73. The first-order chi connectivity index (χ1) is 13.2. The van der Waals surface area contributed by atoms with Crippen LogP contribution < -0.4 is 15.4 Å². The van der Waals surface area contributed by atoms with E-state index >= 15 is 0 Å². The molecule has 0 aliphatic heterocycles. The predicted molar refractivity (Wildman–Crippen MR) is 117 cm³/mol. The Kier molecular flexibility index (Phi) is 8.05. The van der Waals surface area contributed by atoms with Gasteiger partial charge in [0, 0.05) is 22.3 Å². The van der Waals surface area contributed by atoms with Crippen molar-refractivity contribution in [3.05, 3.63) is 52.5 Å². The lowest BCUT2D eigenvalue weighted by molar-refractivity contribution is -0.116. The third-order valence-electron chi connectivity index (χ3n) is 3.78. The highest BCUT2D eigenvalue weighted by molar-refractivity contribution is 9.10. The predicted octanol–water partition coefficient (Wildman–Crippen LogP) is 5.72. The molecule has 2 aromatic rings. The summed E-state index contributed by atoms with van der Waals surface area (Å²) in [5.41, 5.74) is 1.80. The lowest BCUT2D eigenvalue weighted by Gasteiger charge is -2.14. The van der Waals surface area contributed by atoms with E-state index in [1.807, 2.05) is 19.9 Å². The van der Waals surface area contributed by atoms with Crippen molar-refractivity contribution in [2.24, 2.45) is 11.8 Å². The molecule has 0 saturated heterocycles. The number of ether oxygens (including phenoxy) is 1. The normalized spacial score (nSPS) is 10.8. The first-order valence-electron chi connectivity index (χ1n) is 9.38. The van der Waals surface area contributed by atoms with Gasteiger partial charge in [0.05, 0.1) is 12.2 Å². The lowest BCUT2D eigenvalue weighted by Crippen LogP contribution is -2.15. The van der Waals surface area contributed by atoms with E-state index in [-0.39, 0.29) is 11.8 Å². The van der Waals surface area contributed by atoms with Crippen molar-refractivity contribution in [2.45, 2.75) is 34.1 Å². The average Bonchev–Trinajstić information content (AvgIpc) is 2.61. The summed E-state index contributed by atoms with van der Waals surface area (Å²) in [4.78, 5) is 24.6. The zero-order valence-corrected chi connectivity index (χ0v) is 18.3. The Morgan fingerprint density at radius 3 is 2.11 bits per heavy atom. The SMILES string of the molecule is CC(C)COc1ccc(Br)cc1C(=O)Nc1ccc(NC(=O)CC(C)C)cc1. The average molecular weight is 447 g/mol. The van der Waals surface area contributed by atoms with Crippen molar-refractivity contribution < 1.29 is 14.3 Å². The molecule has 2 aromatic carbocycles. The van der Waals surface area contributed by atoms with Crippen LogP contribution >= 0.6 is 15.9 Å². The number of carbonyl (C=O) groups excluding carboxylic acids is 2. The van der Waals surface area contributed by atoms with Crippen molar-refractivity contribution in [1.82, 2.24) is 0 Å². The smallest absolute Gasteiger partial charge is 0.259 e. The Bertz CT molecular complexity index is 817. The maximum Gasteiger partial charge on any atom is 0.259 e. The molecule has 0 spiro atoms. The van der Waals surface area contributed by atoms with Crippen molar-refractivity contribution in [2.75, 3.05) is 17.2 Å². The Balaban J connectivity index is 2.06. The topological polar surface area (TPSA) is 67.4 Å². The van der Waals surface area contributed by atoms with E-state index in [0.717, 1.165) is 4.47 Å². The van der Waals surface area contributed by atoms with Gasteiger partial charge in [-0.15, -0.1) is 0 Å². The van der Waals surface area contributed by atoms with E-state index in [2.05, 4.69) is 40.4 Å². The molecule has 0 saturated carbocycles. The van der Waals surface area contributed by atoms with E-state index < -0.39 is 0 Å². The van der Waals surface area contributed by atoms with Gasteiger partial charge in [-0.2, -0.15) is 0 Å². The van der Waals surface area contributed by atoms with Crippen LogP contribution in [0.2, 0.25) is 0 Å². The van der Waals surface area contributed by atoms with Gasteiger partial charge in [0.1, 0.15) is 5.75 Å². The summed E-state index contributed by atoms with van der Waals surface area (Å²) in [5.74, 6) is 0.936. The van der Waals surface area contributed by atoms with Gasteiger partial charge in [-0.25, -0.2) is 0 Å². The Labute approximate surface area is 175 Å². The van der Waals surface area contributed by atoms with Crippen molar-refractivity contribution in [3.63, 3.8) is 0 Å². The minimum Gasteiger partial charge on any atom is -0.492 e. The lowest BCUT2D eigenvalue weighted by atomic mass is 10.1. The fourth-order valence-corrected chi connectivity index (χ4v) is 2.84. The zero-order chi connectivity index (χ0) is 20.7. The second-order valence-corrected chi connectivity index (χ2v) is 8.44. The molecular formula is C22H27BrN2O3. The molecule has 0 heterocycles. The van der Waals surface area contributed by atoms with Gasteiger partial charge < -0.3 is 15.4 Å². The molecule has 0 radical (unpaired) electrons. The molecule has 0 bridgehead atoms. The van der Waals surface area contributed by atoms with E-state index in [9.17, 15) is 9.59 Å². The first kappa shape index (κ1) is 22.0. The van der Waals surface area contributed by atoms with Gasteiger partial charge in [0.15, 0.2) is 0 Å². The van der Waals surface area contributed by atoms with Gasteiger partial charge in [-0.3, -0.25) is 9.59 Å². The van der Waals surface area contributed by atoms with Crippen LogP contribution in [0.3, 0.4) is 0 Å². The maximum atomic E-state index is 12.7. The van der Waals surface area contributed by atoms with Crippen LogP contribution in [0.25, 0.3) is 0 Å². The number of hydrogen-bond acceptors (Lipinski definition) is 3. The summed E-state index contributed by atoms with van der Waals surface area (Å²) >= 11 is 3.40. The summed E-state index contributed by atoms with van der Waals surface area (Å²) in [6.07, 6.45) is 0.473. The Morgan fingerprint density at radius 1 is 0.929 bits per heavy atom. The minimum absolute atomic E-state index is 0.0205. The number of amides is 2. The summed E-state index contributed by atoms with van der Waals surface area (Å²) in [6.45, 7) is 8.64. The van der Waals surface area contributed by atoms with Crippen LogP contribution in [0.5, 0.6) is 5.75 Å². The van der Waals surface area contributed by atoms with Gasteiger partial charge in [-0.1, -0.05) is 43.6 Å². The monoisotopic (exact) mass is 446 g/mol. The largest absolute Gasteiger partial charge is 0.492 e. The van der Waals surface area contributed by atoms with E-state index in [1.165, 1.54) is 0 Å². The number of nitrogens with one attached hydrogen (secondary N) is 2. The van der Waals surface area contributed by atoms with Gasteiger partial charge in [-0.05, 0) is 54.3 Å². The van der Waals surface area contributed by atoms with Crippen LogP contribution in [0, 0.1) is 11.8 Å². The highest BCUT2D eigenvalue weighted by Gasteiger charge is 2.14. The molecule has 5 nitrogen and oxygen atoms in total. The maximum absolute atomic E-state index is 12.7. The standard InChI is InChI=1S/C22H27BrN2O3/c1-14(2)11-21(26)24-17-6-8-18(9-7-17)25-22(27)19-12-16(23)5-10-20(19)28-13-15(3)4/h5-10,12,14-15H,11,13H2,1-4H3,(H,24,26)(H,25,27). The molecule has 6 heteroatoms. The number of anilines is 2. The third-order valence-corrected chi connectivity index (χ3v) is 4.27. The van der Waals surface area contributed by atoms with E-state index in [0.29, 0.717) is 47.6 Å². The van der Waals surface area contributed by atoms with Crippen molar-refractivity contribution >= 4 is 39.1 Å². The van der Waals surface area contributed by atoms with Gasteiger partial charge >= 0.3 is 0 Å². The van der Waals surface area contributed by atoms with E-state index in [4.69, 9.17) is 4.74 Å². The number of hydrogen-bond donors (Lipinski definition) is 2. The number of halogens is 1. The highest BCUT2D eigenvalue weighted by Crippen LogP contribution is 2.25. The summed E-state index contributed by atoms with van der Waals surface area (Å²) < 4.78 is 6.58. The molecule has 150 valence electrons. The molecule has 0 aliphatic rings. The van der Waals surface area contributed by atoms with Gasteiger partial charge in [0.2, 0.25) is 5.91 Å². The molecule has 0 aliphatic carbocycles. The summed E-state index contributed by atoms with van der Waals surface area (Å²) in [6, 6.07) is 12.4. The summed E-state index contributed by atoms with van der Waals surface area (Å²) in [7, 11) is 0. The molecule has 2 amide bonds. The zero-order valence-electron chi connectivity index (χ0n) is 16.7. The third kappa shape index (κ3) is 7.00. The number of carbonyl (C=O) groups is 2. The molecule has 0 aromatic heterocycles. The fraction of sp³-hybridized carbons (Fsp3) is 0.364. The Hall–Kier alpha value is -2.34. The second kappa shape index (κ2) is 10.3. The van der Waals surface area contributed by atoms with Crippen LogP contribution in [0.15, 0.2) is 46.9 Å². The second-order valence-electron chi connectivity index (χ2n) is 7.52. The van der Waals surface area contributed by atoms with Crippen molar-refractivity contribution in [1.29, 1.82) is 0 Å². The number of rotatable bonds is 8. The molecule has 0 atom stereocenters. The minimum atomic E-state index is -0.253. The molecule has 0 fully saturated rings. The van der Waals surface area contributed by atoms with Crippen LogP contribution in [-0.4, -0.2) is 18.4 Å². The van der Waals surface area contributed by atoms with E-state index in [1.54, 1.807) is 36.4 Å². The molecule has 2 N–H and O–H groups in total. The van der Waals surface area contributed by atoms with Crippen LogP contribution in [0.1, 0.15) is 44.5 Å². The molecule has 28 heavy (non-hydrogen) atoms. The fourth-order valence-electron chi connectivity index (χ4n) is 2.48. The molecule has 0 unspecified atom stereocenters. The molecular weight excluding hydrogens is 420 g/mol. The van der Waals surface area contributed by atoms with Crippen LogP contribution in [-0.2, 0) is 4.79 Å². The first-order valence-corrected chi connectivity index (χ1v) is 10.2. The quantitative estimate of drug-likeness (QED) is 0.544. The van der Waals surface area contributed by atoms with Crippen LogP contribution in [0.4, 0.5) is 11.4 Å².